The van der Waals surface area contributed by atoms with Gasteiger partial charge in [0.25, 0.3) is 0 Å². The zero-order chi connectivity index (χ0) is 11.4. The molecule has 2 rings (SSSR count). The summed E-state index contributed by atoms with van der Waals surface area (Å²) in [7, 11) is 0. The molecular formula is C11H21N3OS. The Labute approximate surface area is 102 Å². The molecule has 2 saturated heterocycles. The normalized spacial score (nSPS) is 28.2. The standard InChI is InChI=1S/C11H21N3OS/c1-9(14-4-2-3-5-14)6-12-11(15)10-7-16-8-13-10/h9-10,13H,2-8H2,1H3,(H,12,15). The van der Waals surface area contributed by atoms with E-state index in [0.717, 1.165) is 18.2 Å². The SMILES string of the molecule is CC(CNC(=O)C1CSCN1)N1CCCC1. The molecule has 0 bridgehead atoms. The number of carbonyl (C=O) groups excluding carboxylic acids is 1. The fourth-order valence-corrected chi connectivity index (χ4v) is 3.19. The van der Waals surface area contributed by atoms with Gasteiger partial charge in [-0.2, -0.15) is 0 Å². The predicted molar refractivity (Wildman–Crippen MR) is 67.5 cm³/mol. The highest BCUT2D eigenvalue weighted by atomic mass is 32.2. The monoisotopic (exact) mass is 243 g/mol. The van der Waals surface area contributed by atoms with E-state index in [1.807, 2.05) is 0 Å². The molecule has 0 aromatic carbocycles. The molecule has 0 radical (unpaired) electrons. The van der Waals surface area contributed by atoms with Crippen molar-refractivity contribution >= 4 is 17.7 Å². The van der Waals surface area contributed by atoms with Gasteiger partial charge in [-0.3, -0.25) is 15.0 Å². The Balaban J connectivity index is 1.67. The van der Waals surface area contributed by atoms with Crippen LogP contribution in [0.4, 0.5) is 0 Å². The van der Waals surface area contributed by atoms with Crippen LogP contribution in [-0.2, 0) is 4.79 Å². The molecule has 5 heteroatoms. The van der Waals surface area contributed by atoms with Crippen molar-refractivity contribution in [2.45, 2.75) is 31.8 Å². The number of rotatable bonds is 4. The molecule has 0 aromatic rings. The minimum atomic E-state index is 0.0239. The smallest absolute Gasteiger partial charge is 0.238 e. The minimum absolute atomic E-state index is 0.0239. The van der Waals surface area contributed by atoms with Gasteiger partial charge in [0.05, 0.1) is 6.04 Å². The summed E-state index contributed by atoms with van der Waals surface area (Å²) in [4.78, 5) is 14.2. The molecule has 2 unspecified atom stereocenters. The second-order valence-electron chi connectivity index (χ2n) is 4.61. The van der Waals surface area contributed by atoms with Gasteiger partial charge in [-0.1, -0.05) is 0 Å². The molecule has 4 nitrogen and oxygen atoms in total. The molecule has 2 aliphatic rings. The number of amides is 1. The maximum Gasteiger partial charge on any atom is 0.238 e. The Morgan fingerprint density at radius 2 is 2.31 bits per heavy atom. The van der Waals surface area contributed by atoms with Crippen molar-refractivity contribution in [1.29, 1.82) is 0 Å². The van der Waals surface area contributed by atoms with Crippen molar-refractivity contribution in [2.75, 3.05) is 31.3 Å². The van der Waals surface area contributed by atoms with Crippen LogP contribution < -0.4 is 10.6 Å². The average Bonchev–Trinajstić information content (AvgIpc) is 2.95. The van der Waals surface area contributed by atoms with E-state index in [9.17, 15) is 4.79 Å². The maximum absolute atomic E-state index is 11.8. The number of hydrogen-bond acceptors (Lipinski definition) is 4. The van der Waals surface area contributed by atoms with E-state index < -0.39 is 0 Å². The molecule has 16 heavy (non-hydrogen) atoms. The molecule has 0 saturated carbocycles. The summed E-state index contributed by atoms with van der Waals surface area (Å²) < 4.78 is 0. The van der Waals surface area contributed by atoms with E-state index >= 15 is 0 Å². The van der Waals surface area contributed by atoms with Crippen LogP contribution in [0.5, 0.6) is 0 Å². The largest absolute Gasteiger partial charge is 0.353 e. The Bertz CT molecular complexity index is 237. The van der Waals surface area contributed by atoms with Gasteiger partial charge in [0.2, 0.25) is 5.91 Å². The average molecular weight is 243 g/mol. The van der Waals surface area contributed by atoms with Crippen LogP contribution in [0.15, 0.2) is 0 Å². The molecule has 0 aromatic heterocycles. The van der Waals surface area contributed by atoms with Crippen LogP contribution in [0.3, 0.4) is 0 Å². The lowest BCUT2D eigenvalue weighted by Crippen LogP contribution is -2.47. The minimum Gasteiger partial charge on any atom is -0.353 e. The molecule has 0 spiro atoms. The van der Waals surface area contributed by atoms with Crippen LogP contribution >= 0.6 is 11.8 Å². The first kappa shape index (κ1) is 12.2. The van der Waals surface area contributed by atoms with Gasteiger partial charge in [-0.05, 0) is 32.9 Å². The third-order valence-corrected chi connectivity index (χ3v) is 4.31. The lowest BCUT2D eigenvalue weighted by molar-refractivity contribution is -0.122. The molecule has 2 fully saturated rings. The summed E-state index contributed by atoms with van der Waals surface area (Å²) in [6.07, 6.45) is 2.61. The summed E-state index contributed by atoms with van der Waals surface area (Å²) in [5, 5.41) is 6.23. The Morgan fingerprint density at radius 1 is 1.56 bits per heavy atom. The Kier molecular flexibility index (Phi) is 4.49. The quantitative estimate of drug-likeness (QED) is 0.743. The van der Waals surface area contributed by atoms with Crippen LogP contribution in [0.2, 0.25) is 0 Å². The van der Waals surface area contributed by atoms with E-state index in [4.69, 9.17) is 0 Å². The molecule has 2 heterocycles. The molecule has 2 atom stereocenters. The van der Waals surface area contributed by atoms with Gasteiger partial charge in [0, 0.05) is 24.2 Å². The van der Waals surface area contributed by atoms with Gasteiger partial charge < -0.3 is 5.32 Å². The van der Waals surface area contributed by atoms with Crippen LogP contribution in [-0.4, -0.2) is 54.2 Å². The van der Waals surface area contributed by atoms with Gasteiger partial charge in [-0.15, -0.1) is 11.8 Å². The van der Waals surface area contributed by atoms with Gasteiger partial charge in [-0.25, -0.2) is 0 Å². The Morgan fingerprint density at radius 3 is 2.94 bits per heavy atom. The topological polar surface area (TPSA) is 44.4 Å². The fraction of sp³-hybridized carbons (Fsp3) is 0.909. The Hall–Kier alpha value is -0.260. The number of likely N-dealkylation sites (tertiary alicyclic amines) is 1. The third-order valence-electron chi connectivity index (χ3n) is 3.37. The number of thioether (sulfide) groups is 1. The van der Waals surface area contributed by atoms with Crippen molar-refractivity contribution < 1.29 is 4.79 Å². The third kappa shape index (κ3) is 3.12. The predicted octanol–water partition coefficient (Wildman–Crippen LogP) is 0.249. The van der Waals surface area contributed by atoms with Crippen LogP contribution in [0.25, 0.3) is 0 Å². The highest BCUT2D eigenvalue weighted by molar-refractivity contribution is 7.99. The first-order valence-corrected chi connectivity index (χ1v) is 7.26. The van der Waals surface area contributed by atoms with Crippen LogP contribution in [0, 0.1) is 0 Å². The first-order chi connectivity index (χ1) is 7.77. The van der Waals surface area contributed by atoms with Crippen molar-refractivity contribution in [3.05, 3.63) is 0 Å². The fourth-order valence-electron chi connectivity index (χ4n) is 2.25. The van der Waals surface area contributed by atoms with E-state index in [1.54, 1.807) is 11.8 Å². The zero-order valence-electron chi connectivity index (χ0n) is 9.87. The summed E-state index contributed by atoms with van der Waals surface area (Å²) >= 11 is 1.79. The van der Waals surface area contributed by atoms with Crippen molar-refractivity contribution in [3.63, 3.8) is 0 Å². The van der Waals surface area contributed by atoms with Gasteiger partial charge in [0.1, 0.15) is 0 Å². The lowest BCUT2D eigenvalue weighted by Gasteiger charge is -2.24. The number of hydrogen-bond donors (Lipinski definition) is 2. The van der Waals surface area contributed by atoms with E-state index in [2.05, 4.69) is 22.5 Å². The molecule has 92 valence electrons. The number of nitrogens with zero attached hydrogens (tertiary/aromatic N) is 1. The second-order valence-corrected chi connectivity index (χ2v) is 5.64. The molecular weight excluding hydrogens is 222 g/mol. The highest BCUT2D eigenvalue weighted by Gasteiger charge is 2.24. The molecule has 2 N–H and O–H groups in total. The number of carbonyl (C=O) groups is 1. The zero-order valence-corrected chi connectivity index (χ0v) is 10.7. The molecule has 2 aliphatic heterocycles. The molecule has 1 amide bonds. The lowest BCUT2D eigenvalue weighted by atomic mass is 10.2. The van der Waals surface area contributed by atoms with Crippen molar-refractivity contribution in [2.24, 2.45) is 0 Å². The first-order valence-electron chi connectivity index (χ1n) is 6.10. The van der Waals surface area contributed by atoms with E-state index in [-0.39, 0.29) is 11.9 Å². The second kappa shape index (κ2) is 5.89. The van der Waals surface area contributed by atoms with E-state index in [0.29, 0.717) is 6.04 Å². The summed E-state index contributed by atoms with van der Waals surface area (Å²) in [5.74, 6) is 1.97. The summed E-state index contributed by atoms with van der Waals surface area (Å²) in [6, 6.07) is 0.497. The summed E-state index contributed by atoms with van der Waals surface area (Å²) in [6.45, 7) is 5.35. The van der Waals surface area contributed by atoms with Gasteiger partial charge in [0.15, 0.2) is 0 Å². The maximum atomic E-state index is 11.8. The number of nitrogens with one attached hydrogen (secondary N) is 2. The molecule has 0 aliphatic carbocycles. The van der Waals surface area contributed by atoms with E-state index in [1.165, 1.54) is 25.9 Å². The van der Waals surface area contributed by atoms with Crippen molar-refractivity contribution in [3.8, 4) is 0 Å². The summed E-state index contributed by atoms with van der Waals surface area (Å²) in [5.41, 5.74) is 0. The van der Waals surface area contributed by atoms with Crippen molar-refractivity contribution in [1.82, 2.24) is 15.5 Å². The van der Waals surface area contributed by atoms with Gasteiger partial charge >= 0.3 is 0 Å². The highest BCUT2D eigenvalue weighted by Crippen LogP contribution is 2.11. The van der Waals surface area contributed by atoms with Crippen LogP contribution in [0.1, 0.15) is 19.8 Å².